The van der Waals surface area contributed by atoms with Crippen LogP contribution in [0.5, 0.6) is 0 Å². The van der Waals surface area contributed by atoms with Crippen LogP contribution in [0.15, 0.2) is 49.8 Å². The smallest absolute Gasteiger partial charge is 0.351 e. The lowest BCUT2D eigenvalue weighted by Gasteiger charge is -1.87. The molecule has 0 aliphatic heterocycles. The van der Waals surface area contributed by atoms with Crippen LogP contribution in [0.1, 0.15) is 5.82 Å². The SMILES string of the molecule is Cc1nccn1C.Cln1ccnc1.O=S(=O)(O)Cl.c1c[nH]cn1. The Labute approximate surface area is 143 Å². The van der Waals surface area contributed by atoms with Gasteiger partial charge >= 0.3 is 9.33 Å². The van der Waals surface area contributed by atoms with Crippen molar-refractivity contribution in [2.24, 2.45) is 7.05 Å². The molecule has 9 nitrogen and oxygen atoms in total. The molecule has 3 rings (SSSR count). The van der Waals surface area contributed by atoms with E-state index < -0.39 is 9.33 Å². The summed E-state index contributed by atoms with van der Waals surface area (Å²) >= 11 is 5.31. The Bertz CT molecular complexity index is 671. The van der Waals surface area contributed by atoms with Gasteiger partial charge in [0.1, 0.15) is 12.2 Å². The average Bonchev–Trinajstić information content (AvgIpc) is 3.15. The van der Waals surface area contributed by atoms with Gasteiger partial charge in [-0.25, -0.2) is 19.0 Å². The molecule has 0 bridgehead atoms. The molecule has 3 aromatic rings. The summed E-state index contributed by atoms with van der Waals surface area (Å²) in [5, 5.41) is 0. The number of aromatic nitrogens is 6. The predicted octanol–water partition coefficient (Wildman–Crippen LogP) is 2.05. The second-order valence-electron chi connectivity index (χ2n) is 3.66. The second-order valence-corrected chi connectivity index (χ2v) is 6.05. The van der Waals surface area contributed by atoms with E-state index in [1.54, 1.807) is 37.3 Å². The van der Waals surface area contributed by atoms with E-state index in [-0.39, 0.29) is 0 Å². The van der Waals surface area contributed by atoms with Gasteiger partial charge in [0, 0.05) is 66.7 Å². The Balaban J connectivity index is 0.000000284. The maximum atomic E-state index is 8.95. The van der Waals surface area contributed by atoms with Gasteiger partial charge in [-0.3, -0.25) is 4.55 Å². The highest BCUT2D eigenvalue weighted by atomic mass is 35.7. The number of halogens is 2. The monoisotopic (exact) mass is 382 g/mol. The van der Waals surface area contributed by atoms with Gasteiger partial charge in [0.2, 0.25) is 0 Å². The van der Waals surface area contributed by atoms with E-state index in [1.165, 1.54) is 10.4 Å². The van der Waals surface area contributed by atoms with Crippen molar-refractivity contribution in [2.45, 2.75) is 6.92 Å². The number of nitrogens with zero attached hydrogens (tertiary/aromatic N) is 5. The van der Waals surface area contributed by atoms with E-state index in [4.69, 9.17) is 24.7 Å². The van der Waals surface area contributed by atoms with E-state index in [0.717, 1.165) is 5.82 Å². The summed E-state index contributed by atoms with van der Waals surface area (Å²) in [6, 6.07) is 0. The fourth-order valence-electron chi connectivity index (χ4n) is 0.898. The molecule has 0 aromatic carbocycles. The van der Waals surface area contributed by atoms with Crippen LogP contribution in [0.2, 0.25) is 0 Å². The molecule has 3 heterocycles. The first-order chi connectivity index (χ1) is 10.7. The van der Waals surface area contributed by atoms with Crippen molar-refractivity contribution in [1.82, 2.24) is 28.6 Å². The van der Waals surface area contributed by atoms with Gasteiger partial charge in [-0.2, -0.15) is 8.42 Å². The van der Waals surface area contributed by atoms with Gasteiger partial charge in [-0.1, -0.05) is 0 Å². The Hall–Kier alpha value is -1.88. The molecule has 23 heavy (non-hydrogen) atoms. The van der Waals surface area contributed by atoms with E-state index in [2.05, 4.69) is 30.6 Å². The minimum Gasteiger partial charge on any atom is -0.351 e. The zero-order chi connectivity index (χ0) is 17.7. The normalized spacial score (nSPS) is 9.43. The van der Waals surface area contributed by atoms with Crippen LogP contribution in [-0.4, -0.2) is 41.6 Å². The molecule has 0 aliphatic rings. The molecule has 3 aromatic heterocycles. The third-order valence-corrected chi connectivity index (χ3v) is 2.14. The summed E-state index contributed by atoms with van der Waals surface area (Å²) in [5.41, 5.74) is 0. The molecule has 0 saturated heterocycles. The summed E-state index contributed by atoms with van der Waals surface area (Å²) < 4.78 is 28.5. The number of aromatic amines is 1. The zero-order valence-electron chi connectivity index (χ0n) is 12.3. The van der Waals surface area contributed by atoms with E-state index in [0.29, 0.717) is 0 Å². The zero-order valence-corrected chi connectivity index (χ0v) is 14.6. The van der Waals surface area contributed by atoms with E-state index in [1.807, 2.05) is 24.7 Å². The number of hydrogen-bond donors (Lipinski definition) is 2. The molecule has 0 fully saturated rings. The molecule has 0 saturated carbocycles. The first kappa shape index (κ1) is 21.1. The number of H-pyrrole nitrogens is 1. The highest BCUT2D eigenvalue weighted by molar-refractivity contribution is 8.09. The molecule has 0 spiro atoms. The van der Waals surface area contributed by atoms with Gasteiger partial charge in [0.05, 0.1) is 6.33 Å². The maximum absolute atomic E-state index is 8.95. The highest BCUT2D eigenvalue weighted by Gasteiger charge is 1.86. The molecule has 128 valence electrons. The van der Waals surface area contributed by atoms with Crippen LogP contribution in [0.25, 0.3) is 0 Å². The van der Waals surface area contributed by atoms with Gasteiger partial charge in [0.25, 0.3) is 0 Å². The lowest BCUT2D eigenvalue weighted by atomic mass is 10.7. The van der Waals surface area contributed by atoms with Crippen molar-refractivity contribution in [1.29, 1.82) is 0 Å². The van der Waals surface area contributed by atoms with Gasteiger partial charge in [-0.05, 0) is 6.92 Å². The molecule has 0 atom stereocenters. The molecule has 0 unspecified atom stereocenters. The van der Waals surface area contributed by atoms with Crippen molar-refractivity contribution in [2.75, 3.05) is 0 Å². The maximum Gasteiger partial charge on any atom is 0.353 e. The third kappa shape index (κ3) is 16.3. The molecule has 12 heteroatoms. The quantitative estimate of drug-likeness (QED) is 0.453. The van der Waals surface area contributed by atoms with Crippen LogP contribution >= 0.6 is 22.5 Å². The number of hydrogen-bond acceptors (Lipinski definition) is 5. The topological polar surface area (TPSA) is 119 Å². The Kier molecular flexibility index (Phi) is 10.7. The van der Waals surface area contributed by atoms with Crippen molar-refractivity contribution >= 4 is 31.8 Å². The molecule has 0 aliphatic carbocycles. The van der Waals surface area contributed by atoms with Crippen LogP contribution in [0.4, 0.5) is 0 Å². The third-order valence-electron chi connectivity index (χ3n) is 1.94. The lowest BCUT2D eigenvalue weighted by molar-refractivity contribution is 0.501. The average molecular weight is 383 g/mol. The first-order valence-electron chi connectivity index (χ1n) is 5.88. The van der Waals surface area contributed by atoms with Gasteiger partial charge in [0.15, 0.2) is 0 Å². The van der Waals surface area contributed by atoms with Crippen molar-refractivity contribution in [3.63, 3.8) is 0 Å². The number of rotatable bonds is 0. The summed E-state index contributed by atoms with van der Waals surface area (Å²) in [6.45, 7) is 1.97. The highest BCUT2D eigenvalue weighted by Crippen LogP contribution is 1.87. The minimum atomic E-state index is -4.19. The summed E-state index contributed by atoms with van der Waals surface area (Å²) in [6.07, 6.45) is 13.6. The Morgan fingerprint density at radius 2 is 1.87 bits per heavy atom. The van der Waals surface area contributed by atoms with Crippen LogP contribution in [0.3, 0.4) is 0 Å². The van der Waals surface area contributed by atoms with Gasteiger partial charge in [-0.15, -0.1) is 0 Å². The molecular weight excluding hydrogens is 367 g/mol. The van der Waals surface area contributed by atoms with E-state index in [9.17, 15) is 0 Å². The van der Waals surface area contributed by atoms with Crippen molar-refractivity contribution in [3.8, 4) is 0 Å². The summed E-state index contributed by atoms with van der Waals surface area (Å²) in [4.78, 5) is 14.0. The predicted molar refractivity (Wildman–Crippen MR) is 87.4 cm³/mol. The van der Waals surface area contributed by atoms with E-state index >= 15 is 0 Å². The fourth-order valence-corrected chi connectivity index (χ4v) is 0.999. The molecule has 0 radical (unpaired) electrons. The van der Waals surface area contributed by atoms with Crippen LogP contribution in [-0.2, 0) is 16.4 Å². The first-order valence-corrected chi connectivity index (χ1v) is 8.48. The number of aryl methyl sites for hydroxylation is 2. The standard InChI is InChI=1S/C5H8N2.C3H3ClN2.C3H4N2.ClHO3S/c1-5-6-3-4-7(5)2;4-6-2-1-5-3-6;1-2-5-3-4-1;1-5(2,3)4/h3-4H,1-2H3;1-3H;1-3H,(H,4,5);(H,2,3,4). The van der Waals surface area contributed by atoms with Gasteiger partial charge < -0.3 is 9.55 Å². The number of nitrogens with one attached hydrogen (secondary N) is 1. The fraction of sp³-hybridized carbons (Fsp3) is 0.182. The second kappa shape index (κ2) is 11.7. The molecule has 0 amide bonds. The largest absolute Gasteiger partial charge is 0.353 e. The lowest BCUT2D eigenvalue weighted by Crippen LogP contribution is -1.86. The summed E-state index contributed by atoms with van der Waals surface area (Å²) in [7, 11) is 1.84. The van der Waals surface area contributed by atoms with Crippen LogP contribution in [0, 0.1) is 6.92 Å². The Morgan fingerprint density at radius 1 is 1.22 bits per heavy atom. The minimum absolute atomic E-state index is 1.06. The number of imidazole rings is 3. The van der Waals surface area contributed by atoms with Crippen LogP contribution < -0.4 is 0 Å². The Morgan fingerprint density at radius 3 is 2.00 bits per heavy atom. The molecular formula is C11H16Cl2N6O3S. The molecule has 2 N–H and O–H groups in total. The van der Waals surface area contributed by atoms with Crippen molar-refractivity contribution < 1.29 is 13.0 Å². The van der Waals surface area contributed by atoms with Crippen molar-refractivity contribution in [3.05, 3.63) is 55.7 Å². The summed E-state index contributed by atoms with van der Waals surface area (Å²) in [5.74, 6) is 1.06.